The third-order valence-corrected chi connectivity index (χ3v) is 6.11. The van der Waals surface area contributed by atoms with Gasteiger partial charge in [-0.3, -0.25) is 9.36 Å². The summed E-state index contributed by atoms with van der Waals surface area (Å²) in [6, 6.07) is 28.4. The largest absolute Gasteiger partial charge is 0.463 e. The molecule has 152 valence electrons. The lowest BCUT2D eigenvalue weighted by Crippen LogP contribution is -2.35. The van der Waals surface area contributed by atoms with Crippen LogP contribution in [0.15, 0.2) is 90.0 Å². The number of hydrazone groups is 1. The first-order valence-corrected chi connectivity index (χ1v) is 10.5. The minimum Gasteiger partial charge on any atom is -0.463 e. The molecule has 0 spiro atoms. The Kier molecular flexibility index (Phi) is 3.96. The van der Waals surface area contributed by atoms with Crippen molar-refractivity contribution in [3.8, 4) is 5.75 Å². The van der Waals surface area contributed by atoms with E-state index < -0.39 is 6.23 Å². The lowest BCUT2D eigenvalue weighted by Gasteiger charge is -2.38. The van der Waals surface area contributed by atoms with Gasteiger partial charge in [0.25, 0.3) is 0 Å². The van der Waals surface area contributed by atoms with E-state index in [9.17, 15) is 4.79 Å². The van der Waals surface area contributed by atoms with Gasteiger partial charge in [0.2, 0.25) is 12.1 Å². The second-order valence-corrected chi connectivity index (χ2v) is 8.00. The molecule has 0 saturated heterocycles. The number of para-hydroxylation sites is 2. The van der Waals surface area contributed by atoms with Crippen LogP contribution in [-0.4, -0.2) is 21.2 Å². The van der Waals surface area contributed by atoms with Crippen LogP contribution >= 0.6 is 0 Å². The van der Waals surface area contributed by atoms with E-state index in [1.54, 1.807) is 11.5 Å². The molecule has 0 radical (unpaired) electrons. The second kappa shape index (κ2) is 6.84. The summed E-state index contributed by atoms with van der Waals surface area (Å²) in [5.41, 5.74) is 4.95. The van der Waals surface area contributed by atoms with Gasteiger partial charge in [0.15, 0.2) is 0 Å². The molecule has 6 rings (SSSR count). The smallest absolute Gasteiger partial charge is 0.229 e. The fourth-order valence-electron chi connectivity index (χ4n) is 4.74. The van der Waals surface area contributed by atoms with Crippen molar-refractivity contribution >= 4 is 22.5 Å². The third kappa shape index (κ3) is 2.77. The highest BCUT2D eigenvalue weighted by atomic mass is 16.5. The molecule has 5 nitrogen and oxygen atoms in total. The van der Waals surface area contributed by atoms with Crippen molar-refractivity contribution in [1.29, 1.82) is 0 Å². The number of benzene rings is 3. The van der Waals surface area contributed by atoms with Crippen LogP contribution in [0.3, 0.4) is 0 Å². The molecule has 0 aliphatic carbocycles. The highest BCUT2D eigenvalue weighted by Crippen LogP contribution is 2.48. The van der Waals surface area contributed by atoms with Gasteiger partial charge in [-0.25, -0.2) is 5.01 Å². The molecule has 0 saturated carbocycles. The van der Waals surface area contributed by atoms with Crippen molar-refractivity contribution in [3.05, 3.63) is 102 Å². The van der Waals surface area contributed by atoms with Crippen molar-refractivity contribution in [2.45, 2.75) is 25.6 Å². The molecule has 5 heteroatoms. The molecule has 3 aromatic carbocycles. The summed E-state index contributed by atoms with van der Waals surface area (Å²) in [6.45, 7) is 1.59. The van der Waals surface area contributed by atoms with Crippen molar-refractivity contribution in [1.82, 2.24) is 9.58 Å². The van der Waals surface area contributed by atoms with Gasteiger partial charge >= 0.3 is 0 Å². The fraction of sp³-hybridized carbons (Fsp3) is 0.154. The summed E-state index contributed by atoms with van der Waals surface area (Å²) < 4.78 is 8.23. The monoisotopic (exact) mass is 407 g/mol. The zero-order valence-electron chi connectivity index (χ0n) is 17.1. The number of rotatable bonds is 2. The van der Waals surface area contributed by atoms with Gasteiger partial charge < -0.3 is 4.74 Å². The summed E-state index contributed by atoms with van der Waals surface area (Å²) in [5, 5.41) is 8.05. The Balaban J connectivity index is 1.54. The lowest BCUT2D eigenvalue weighted by atomic mass is 9.96. The normalized spacial score (nSPS) is 19.5. The number of carbonyl (C=O) groups is 1. The summed E-state index contributed by atoms with van der Waals surface area (Å²) in [4.78, 5) is 12.7. The Morgan fingerprint density at radius 1 is 0.968 bits per heavy atom. The van der Waals surface area contributed by atoms with Crippen LogP contribution in [0.1, 0.15) is 47.2 Å². The average molecular weight is 407 g/mol. The lowest BCUT2D eigenvalue weighted by molar-refractivity contribution is -0.0232. The molecule has 2 aliphatic rings. The maximum atomic E-state index is 12.7. The molecule has 0 bridgehead atoms. The highest BCUT2D eigenvalue weighted by molar-refractivity contribution is 6.02. The van der Waals surface area contributed by atoms with E-state index in [2.05, 4.69) is 18.2 Å². The predicted octanol–water partition coefficient (Wildman–Crippen LogP) is 5.54. The van der Waals surface area contributed by atoms with Gasteiger partial charge in [-0.1, -0.05) is 66.7 Å². The van der Waals surface area contributed by atoms with Crippen molar-refractivity contribution in [2.75, 3.05) is 0 Å². The highest BCUT2D eigenvalue weighted by Gasteiger charge is 2.42. The molecule has 0 N–H and O–H groups in total. The van der Waals surface area contributed by atoms with Crippen molar-refractivity contribution in [2.24, 2.45) is 5.10 Å². The number of aromatic nitrogens is 1. The number of hydrogen-bond donors (Lipinski definition) is 0. The van der Waals surface area contributed by atoms with E-state index in [4.69, 9.17) is 9.84 Å². The van der Waals surface area contributed by atoms with Gasteiger partial charge in [0.05, 0.1) is 23.0 Å². The van der Waals surface area contributed by atoms with Crippen LogP contribution in [0.2, 0.25) is 0 Å². The van der Waals surface area contributed by atoms with Crippen LogP contribution in [0.4, 0.5) is 0 Å². The topological polar surface area (TPSA) is 46.8 Å². The summed E-state index contributed by atoms with van der Waals surface area (Å²) in [6.07, 6.45) is 0.304. The van der Waals surface area contributed by atoms with E-state index in [0.717, 1.165) is 45.6 Å². The molecule has 0 amide bonds. The zero-order chi connectivity index (χ0) is 20.9. The van der Waals surface area contributed by atoms with E-state index in [1.165, 1.54) is 0 Å². The Bertz CT molecular complexity index is 1340. The van der Waals surface area contributed by atoms with Gasteiger partial charge in [0, 0.05) is 24.3 Å². The van der Waals surface area contributed by atoms with Gasteiger partial charge in [-0.05, 0) is 23.8 Å². The van der Waals surface area contributed by atoms with Crippen LogP contribution in [0, 0.1) is 0 Å². The van der Waals surface area contributed by atoms with Crippen LogP contribution in [0.5, 0.6) is 5.75 Å². The van der Waals surface area contributed by atoms with Crippen LogP contribution in [-0.2, 0) is 0 Å². The number of hydrogen-bond acceptors (Lipinski definition) is 4. The summed E-state index contributed by atoms with van der Waals surface area (Å²) in [7, 11) is 0. The van der Waals surface area contributed by atoms with Crippen molar-refractivity contribution in [3.63, 3.8) is 0 Å². The van der Waals surface area contributed by atoms with Gasteiger partial charge in [-0.15, -0.1) is 0 Å². The predicted molar refractivity (Wildman–Crippen MR) is 120 cm³/mol. The molecular weight excluding hydrogens is 386 g/mol. The van der Waals surface area contributed by atoms with Crippen LogP contribution in [0.25, 0.3) is 10.9 Å². The number of carbonyl (C=O) groups excluding carboxylic acids is 1. The maximum Gasteiger partial charge on any atom is 0.229 e. The second-order valence-electron chi connectivity index (χ2n) is 8.00. The quantitative estimate of drug-likeness (QED) is 0.438. The molecular formula is C26H21N3O2. The van der Waals surface area contributed by atoms with E-state index in [0.29, 0.717) is 0 Å². The molecule has 4 aromatic rings. The standard InChI is InChI=1S/C26H21N3O2/c1-17(30)28-22-13-7-5-11-19(22)15-24(28)26-29-23(20-12-6-8-14-25(20)31-26)16-21(27-29)18-9-3-2-4-10-18/h2-15,23,26H,16H2,1H3. The minimum atomic E-state index is -0.489. The number of fused-ring (bicyclic) bond motifs is 4. The number of nitrogens with zero attached hydrogens (tertiary/aromatic N) is 3. The van der Waals surface area contributed by atoms with E-state index >= 15 is 0 Å². The fourth-order valence-corrected chi connectivity index (χ4v) is 4.74. The molecule has 3 heterocycles. The Morgan fingerprint density at radius 2 is 1.71 bits per heavy atom. The summed E-state index contributed by atoms with van der Waals surface area (Å²) >= 11 is 0. The summed E-state index contributed by atoms with van der Waals surface area (Å²) in [5.74, 6) is 0.806. The SMILES string of the molecule is CC(=O)n1c(C2Oc3ccccc3C3CC(c4ccccc4)=NN32)cc2ccccc21. The zero-order valence-corrected chi connectivity index (χ0v) is 17.1. The molecule has 31 heavy (non-hydrogen) atoms. The van der Waals surface area contributed by atoms with Crippen molar-refractivity contribution < 1.29 is 9.53 Å². The average Bonchev–Trinajstić information content (AvgIpc) is 3.42. The van der Waals surface area contributed by atoms with Crippen LogP contribution < -0.4 is 4.74 Å². The molecule has 2 atom stereocenters. The first-order valence-electron chi connectivity index (χ1n) is 10.5. The number of ether oxygens (including phenoxy) is 1. The van der Waals surface area contributed by atoms with E-state index in [-0.39, 0.29) is 11.9 Å². The maximum absolute atomic E-state index is 12.7. The molecule has 0 fully saturated rings. The molecule has 2 unspecified atom stereocenters. The molecule has 1 aromatic heterocycles. The third-order valence-electron chi connectivity index (χ3n) is 6.11. The minimum absolute atomic E-state index is 0.0401. The first kappa shape index (κ1) is 18.0. The van der Waals surface area contributed by atoms with E-state index in [1.807, 2.05) is 71.7 Å². The Morgan fingerprint density at radius 3 is 2.55 bits per heavy atom. The van der Waals surface area contributed by atoms with Gasteiger partial charge in [-0.2, -0.15) is 5.10 Å². The molecule has 2 aliphatic heterocycles. The van der Waals surface area contributed by atoms with Gasteiger partial charge in [0.1, 0.15) is 5.75 Å². The Hall–Kier alpha value is -3.86. The first-order chi connectivity index (χ1) is 15.2. The Labute approximate surface area is 180 Å².